The summed E-state index contributed by atoms with van der Waals surface area (Å²) >= 11 is 0. The minimum atomic E-state index is -0.705. The number of hydrogen-bond donors (Lipinski definition) is 1. The van der Waals surface area contributed by atoms with Crippen molar-refractivity contribution in [1.82, 2.24) is 4.90 Å². The van der Waals surface area contributed by atoms with E-state index in [1.165, 1.54) is 12.0 Å². The van der Waals surface area contributed by atoms with Gasteiger partial charge in [0.15, 0.2) is 11.5 Å². The second-order valence-corrected chi connectivity index (χ2v) is 8.70. The third kappa shape index (κ3) is 4.91. The van der Waals surface area contributed by atoms with Gasteiger partial charge in [0.05, 0.1) is 37.1 Å². The van der Waals surface area contributed by atoms with Crippen LogP contribution in [-0.2, 0) is 4.65 Å². The number of hydrogen-bond acceptors (Lipinski definition) is 6. The molecule has 2 heterocycles. The van der Waals surface area contributed by atoms with E-state index in [2.05, 4.69) is 22.7 Å². The monoisotopic (exact) mass is 458 g/mol. The highest BCUT2D eigenvalue weighted by Gasteiger charge is 2.44. The van der Waals surface area contributed by atoms with Crippen molar-refractivity contribution in [3.8, 4) is 11.5 Å². The number of ether oxygens (including phenoxy) is 2. The Balaban J connectivity index is 2.05. The molecular weight excluding hydrogens is 429 g/mol. The number of carbonyl (C=O) groups excluding carboxylic acids is 2. The van der Waals surface area contributed by atoms with Gasteiger partial charge in [-0.1, -0.05) is 19.1 Å². The van der Waals surface area contributed by atoms with Gasteiger partial charge in [-0.3, -0.25) is 9.69 Å². The van der Waals surface area contributed by atoms with Gasteiger partial charge in [-0.25, -0.2) is 4.79 Å². The molecule has 11 heteroatoms. The number of amides is 2. The van der Waals surface area contributed by atoms with Gasteiger partial charge in [0.2, 0.25) is 0 Å². The predicted molar refractivity (Wildman–Crippen MR) is 128 cm³/mol. The van der Waals surface area contributed by atoms with E-state index in [-0.39, 0.29) is 11.9 Å². The van der Waals surface area contributed by atoms with E-state index in [0.717, 1.165) is 25.5 Å². The summed E-state index contributed by atoms with van der Waals surface area (Å²) in [6.07, 6.45) is 1.71. The standard InChI is InChI=1S/C21H29B2N2O6P/c1-12(11-32)5-6-30-19-9-17-15(8-18(19)29-4)20(26)24-10-13(2)7-16(24)14(3)25(17)21(27)31-23-22-28/h8-9,12,14,16,28H,2,5-7,10-11,32H2,1,3-4H3/t12?,14?,16-/m0/s1. The van der Waals surface area contributed by atoms with E-state index >= 15 is 0 Å². The van der Waals surface area contributed by atoms with Crippen LogP contribution >= 0.6 is 9.24 Å². The Labute approximate surface area is 193 Å². The highest BCUT2D eigenvalue weighted by Crippen LogP contribution is 2.42. The molecule has 3 rings (SSSR count). The second kappa shape index (κ2) is 10.6. The maximum absolute atomic E-state index is 13.5. The van der Waals surface area contributed by atoms with Gasteiger partial charge in [0.1, 0.15) is 0 Å². The third-order valence-electron chi connectivity index (χ3n) is 5.99. The van der Waals surface area contributed by atoms with Crippen molar-refractivity contribution in [3.63, 3.8) is 0 Å². The van der Waals surface area contributed by atoms with Gasteiger partial charge < -0.3 is 24.1 Å². The Morgan fingerprint density at radius 1 is 1.41 bits per heavy atom. The molecule has 2 aliphatic rings. The van der Waals surface area contributed by atoms with Crippen LogP contribution in [0.15, 0.2) is 24.3 Å². The first-order valence-electron chi connectivity index (χ1n) is 10.6. The minimum Gasteiger partial charge on any atom is -0.529 e. The smallest absolute Gasteiger partial charge is 0.395 e. The van der Waals surface area contributed by atoms with E-state index in [9.17, 15) is 9.59 Å². The van der Waals surface area contributed by atoms with Crippen LogP contribution in [0.4, 0.5) is 10.5 Å². The van der Waals surface area contributed by atoms with Crippen LogP contribution in [0.2, 0.25) is 0 Å². The Hall–Kier alpha value is -2.18. The van der Waals surface area contributed by atoms with Crippen LogP contribution in [0.5, 0.6) is 11.5 Å². The molecule has 3 unspecified atom stereocenters. The molecule has 1 fully saturated rings. The average Bonchev–Trinajstić information content (AvgIpc) is 3.15. The van der Waals surface area contributed by atoms with Crippen molar-refractivity contribution in [2.45, 2.75) is 38.8 Å². The van der Waals surface area contributed by atoms with E-state index in [0.29, 0.717) is 55.6 Å². The van der Waals surface area contributed by atoms with Crippen LogP contribution in [-0.4, -0.2) is 75.2 Å². The molecule has 0 saturated carbocycles. The number of rotatable bonds is 8. The fraction of sp³-hybridized carbons (Fsp3) is 0.524. The molecule has 170 valence electrons. The predicted octanol–water partition coefficient (Wildman–Crippen LogP) is 2.24. The molecule has 2 aliphatic heterocycles. The van der Waals surface area contributed by atoms with Crippen molar-refractivity contribution in [1.29, 1.82) is 0 Å². The molecule has 2 amide bonds. The lowest BCUT2D eigenvalue weighted by Crippen LogP contribution is -2.49. The van der Waals surface area contributed by atoms with Crippen LogP contribution < -0.4 is 14.4 Å². The molecule has 8 nitrogen and oxygen atoms in total. The van der Waals surface area contributed by atoms with Gasteiger partial charge in [0, 0.05) is 12.6 Å². The Morgan fingerprint density at radius 3 is 2.81 bits per heavy atom. The van der Waals surface area contributed by atoms with Crippen molar-refractivity contribution in [2.75, 3.05) is 31.3 Å². The van der Waals surface area contributed by atoms with Crippen LogP contribution in [0.3, 0.4) is 0 Å². The van der Waals surface area contributed by atoms with Crippen LogP contribution in [0.25, 0.3) is 0 Å². The molecule has 1 saturated heterocycles. The zero-order chi connectivity index (χ0) is 23.4. The Morgan fingerprint density at radius 2 is 2.16 bits per heavy atom. The summed E-state index contributed by atoms with van der Waals surface area (Å²) < 4.78 is 16.6. The topological polar surface area (TPSA) is 88.5 Å². The molecular formula is C21H29B2N2O6P. The summed E-state index contributed by atoms with van der Waals surface area (Å²) in [4.78, 5) is 29.6. The maximum atomic E-state index is 13.5. The van der Waals surface area contributed by atoms with Gasteiger partial charge in [0.25, 0.3) is 13.3 Å². The average molecular weight is 458 g/mol. The van der Waals surface area contributed by atoms with Crippen molar-refractivity contribution in [3.05, 3.63) is 29.8 Å². The van der Waals surface area contributed by atoms with E-state index in [1.807, 2.05) is 6.92 Å². The maximum Gasteiger partial charge on any atom is 0.395 e. The molecule has 0 bridgehead atoms. The first-order valence-corrected chi connectivity index (χ1v) is 11.5. The van der Waals surface area contributed by atoms with Crippen molar-refractivity contribution >= 4 is 41.7 Å². The SMILES string of the molecule is C=C1C[C@H]2C(C)N(C(=O)O[B][B]O)c3cc(OCCC(C)CP)c(OC)cc3C(=O)N2C1. The molecule has 32 heavy (non-hydrogen) atoms. The molecule has 1 aromatic rings. The zero-order valence-corrected chi connectivity index (χ0v) is 19.9. The molecule has 1 N–H and O–H groups in total. The van der Waals surface area contributed by atoms with E-state index in [1.54, 1.807) is 17.0 Å². The summed E-state index contributed by atoms with van der Waals surface area (Å²) in [5.41, 5.74) is 1.63. The van der Waals surface area contributed by atoms with Crippen molar-refractivity contribution < 1.29 is 28.7 Å². The quantitative estimate of drug-likeness (QED) is 0.366. The fourth-order valence-corrected chi connectivity index (χ4v) is 4.35. The van der Waals surface area contributed by atoms with Crippen LogP contribution in [0.1, 0.15) is 37.0 Å². The van der Waals surface area contributed by atoms with Gasteiger partial charge >= 0.3 is 13.5 Å². The van der Waals surface area contributed by atoms with Crippen LogP contribution in [0, 0.1) is 5.92 Å². The lowest BCUT2D eigenvalue weighted by atomic mass is 9.65. The summed E-state index contributed by atoms with van der Waals surface area (Å²) in [6, 6.07) is 2.64. The normalized spacial score (nSPS) is 20.8. The number of nitrogens with zero attached hydrogens (tertiary/aromatic N) is 2. The summed E-state index contributed by atoms with van der Waals surface area (Å²) in [7, 11) is 5.78. The van der Waals surface area contributed by atoms with E-state index in [4.69, 9.17) is 19.2 Å². The first-order chi connectivity index (χ1) is 15.3. The number of fused-ring (bicyclic) bond motifs is 2. The number of methoxy groups -OCH3 is 1. The lowest BCUT2D eigenvalue weighted by molar-refractivity contribution is 0.0732. The zero-order valence-electron chi connectivity index (χ0n) is 18.7. The minimum absolute atomic E-state index is 0.204. The van der Waals surface area contributed by atoms with E-state index < -0.39 is 12.1 Å². The molecule has 2 radical (unpaired) electrons. The molecule has 0 aromatic heterocycles. The summed E-state index contributed by atoms with van der Waals surface area (Å²) in [6.45, 7) is 8.95. The fourth-order valence-electron chi connectivity index (χ4n) is 4.12. The summed E-state index contributed by atoms with van der Waals surface area (Å²) in [5, 5.41) is 8.94. The molecule has 0 aliphatic carbocycles. The second-order valence-electron chi connectivity index (χ2n) is 8.23. The van der Waals surface area contributed by atoms with Gasteiger partial charge in [-0.2, -0.15) is 0 Å². The molecule has 1 aromatic carbocycles. The first kappa shape index (κ1) is 24.5. The number of carbonyl (C=O) groups is 2. The highest BCUT2D eigenvalue weighted by molar-refractivity contribution is 7.16. The third-order valence-corrected chi connectivity index (χ3v) is 6.79. The Bertz CT molecular complexity index is 886. The number of anilines is 1. The number of benzene rings is 1. The van der Waals surface area contributed by atoms with Gasteiger partial charge in [-0.05, 0) is 37.9 Å². The molecule has 4 atom stereocenters. The van der Waals surface area contributed by atoms with Gasteiger partial charge in [-0.15, -0.1) is 9.24 Å². The van der Waals surface area contributed by atoms with Crippen molar-refractivity contribution in [2.24, 2.45) is 5.92 Å². The lowest BCUT2D eigenvalue weighted by Gasteiger charge is -2.33. The summed E-state index contributed by atoms with van der Waals surface area (Å²) in [5.74, 6) is 1.14. The Kier molecular flexibility index (Phi) is 8.12. The molecule has 0 spiro atoms. The highest BCUT2D eigenvalue weighted by atomic mass is 31.0. The largest absolute Gasteiger partial charge is 0.529 e.